The molecule has 1 amide bonds. The lowest BCUT2D eigenvalue weighted by molar-refractivity contribution is -0.120. The number of rotatable bonds is 7. The van der Waals surface area contributed by atoms with Crippen LogP contribution in [0.4, 0.5) is 5.69 Å². The first kappa shape index (κ1) is 16.7. The van der Waals surface area contributed by atoms with Gasteiger partial charge in [-0.15, -0.1) is 0 Å². The molecule has 5 nitrogen and oxygen atoms in total. The fourth-order valence-electron chi connectivity index (χ4n) is 2.27. The van der Waals surface area contributed by atoms with E-state index >= 15 is 0 Å². The predicted molar refractivity (Wildman–Crippen MR) is 90.8 cm³/mol. The highest BCUT2D eigenvalue weighted by Gasteiger charge is 2.08. The Morgan fingerprint density at radius 2 is 1.65 bits per heavy atom. The van der Waals surface area contributed by atoms with E-state index in [-0.39, 0.29) is 5.91 Å². The molecule has 2 rings (SSSR count). The van der Waals surface area contributed by atoms with Crippen LogP contribution >= 0.6 is 0 Å². The highest BCUT2D eigenvalue weighted by molar-refractivity contribution is 5.78. The first-order valence-corrected chi connectivity index (χ1v) is 7.44. The van der Waals surface area contributed by atoms with E-state index in [1.165, 1.54) is 0 Å². The average molecular weight is 314 g/mol. The van der Waals surface area contributed by atoms with Crippen LogP contribution in [0.1, 0.15) is 11.1 Å². The Balaban J connectivity index is 1.83. The van der Waals surface area contributed by atoms with Gasteiger partial charge in [0.15, 0.2) is 11.5 Å². The fourth-order valence-corrected chi connectivity index (χ4v) is 2.27. The summed E-state index contributed by atoms with van der Waals surface area (Å²) < 4.78 is 10.4. The molecule has 0 atom stereocenters. The Morgan fingerprint density at radius 1 is 1.00 bits per heavy atom. The maximum Gasteiger partial charge on any atom is 0.224 e. The fraction of sp³-hybridized carbons (Fsp3) is 0.278. The lowest BCUT2D eigenvalue weighted by Crippen LogP contribution is -2.27. The van der Waals surface area contributed by atoms with Crippen LogP contribution in [0.3, 0.4) is 0 Å². The van der Waals surface area contributed by atoms with Crippen LogP contribution in [-0.2, 0) is 17.6 Å². The molecule has 0 aliphatic rings. The van der Waals surface area contributed by atoms with E-state index < -0.39 is 0 Å². The van der Waals surface area contributed by atoms with E-state index in [0.29, 0.717) is 24.5 Å². The first-order valence-electron chi connectivity index (χ1n) is 7.44. The average Bonchev–Trinajstić information content (AvgIpc) is 2.56. The van der Waals surface area contributed by atoms with Gasteiger partial charge in [0.2, 0.25) is 5.91 Å². The summed E-state index contributed by atoms with van der Waals surface area (Å²) in [4.78, 5) is 12.0. The molecular formula is C18H22N2O3. The third kappa shape index (κ3) is 4.92. The Kier molecular flexibility index (Phi) is 5.86. The smallest absolute Gasteiger partial charge is 0.224 e. The number of hydrogen-bond donors (Lipinski definition) is 2. The number of ether oxygens (including phenoxy) is 2. The van der Waals surface area contributed by atoms with Gasteiger partial charge in [0.05, 0.1) is 20.6 Å². The predicted octanol–water partition coefficient (Wildman–Crippen LogP) is 2.19. The lowest BCUT2D eigenvalue weighted by atomic mass is 10.1. The molecule has 5 heteroatoms. The number of nitrogen functional groups attached to an aromatic ring is 1. The summed E-state index contributed by atoms with van der Waals surface area (Å²) in [6, 6.07) is 13.1. The molecule has 2 aromatic rings. The van der Waals surface area contributed by atoms with Gasteiger partial charge in [0.25, 0.3) is 0 Å². The summed E-state index contributed by atoms with van der Waals surface area (Å²) in [6.45, 7) is 0.593. The number of anilines is 1. The molecule has 0 radical (unpaired) electrons. The van der Waals surface area contributed by atoms with Crippen LogP contribution in [0.25, 0.3) is 0 Å². The van der Waals surface area contributed by atoms with Gasteiger partial charge in [-0.05, 0) is 41.8 Å². The van der Waals surface area contributed by atoms with Crippen molar-refractivity contribution < 1.29 is 14.3 Å². The van der Waals surface area contributed by atoms with Crippen LogP contribution in [0.15, 0.2) is 42.5 Å². The van der Waals surface area contributed by atoms with Crippen LogP contribution in [-0.4, -0.2) is 26.7 Å². The number of amides is 1. The molecule has 3 N–H and O–H groups in total. The van der Waals surface area contributed by atoms with Crippen LogP contribution in [0.2, 0.25) is 0 Å². The molecule has 0 unspecified atom stereocenters. The second kappa shape index (κ2) is 8.08. The van der Waals surface area contributed by atoms with E-state index in [4.69, 9.17) is 15.2 Å². The lowest BCUT2D eigenvalue weighted by Gasteiger charge is -2.10. The molecule has 0 aliphatic heterocycles. The molecule has 2 aromatic carbocycles. The zero-order valence-corrected chi connectivity index (χ0v) is 13.5. The maximum atomic E-state index is 12.0. The summed E-state index contributed by atoms with van der Waals surface area (Å²) in [7, 11) is 3.16. The molecule has 23 heavy (non-hydrogen) atoms. The van der Waals surface area contributed by atoms with Gasteiger partial charge >= 0.3 is 0 Å². The standard InChI is InChI=1S/C18H22N2O3/c1-22-16-8-5-14(11-17(16)23-2)12-18(21)20-10-9-13-3-6-15(19)7-4-13/h3-8,11H,9-10,12,19H2,1-2H3,(H,20,21). The van der Waals surface area contributed by atoms with E-state index in [9.17, 15) is 4.79 Å². The van der Waals surface area contributed by atoms with Gasteiger partial charge in [-0.25, -0.2) is 0 Å². The molecule has 0 aliphatic carbocycles. The van der Waals surface area contributed by atoms with Crippen LogP contribution in [0, 0.1) is 0 Å². The Morgan fingerprint density at radius 3 is 2.30 bits per heavy atom. The first-order chi connectivity index (χ1) is 11.1. The van der Waals surface area contributed by atoms with Crippen molar-refractivity contribution >= 4 is 11.6 Å². The molecule has 122 valence electrons. The second-order valence-corrected chi connectivity index (χ2v) is 5.21. The largest absolute Gasteiger partial charge is 0.493 e. The molecule has 0 saturated carbocycles. The van der Waals surface area contributed by atoms with Crippen molar-refractivity contribution in [1.82, 2.24) is 5.32 Å². The Bertz CT molecular complexity index is 654. The number of carbonyl (C=O) groups is 1. The molecule has 0 heterocycles. The van der Waals surface area contributed by atoms with E-state index in [2.05, 4.69) is 5.32 Å². The molecular weight excluding hydrogens is 292 g/mol. The topological polar surface area (TPSA) is 73.6 Å². The zero-order chi connectivity index (χ0) is 16.7. The summed E-state index contributed by atoms with van der Waals surface area (Å²) in [6.07, 6.45) is 1.08. The van der Waals surface area contributed by atoms with Gasteiger partial charge < -0.3 is 20.5 Å². The van der Waals surface area contributed by atoms with Gasteiger partial charge in [-0.1, -0.05) is 18.2 Å². The van der Waals surface area contributed by atoms with Gasteiger partial charge in [-0.2, -0.15) is 0 Å². The monoisotopic (exact) mass is 314 g/mol. The van der Waals surface area contributed by atoms with E-state index in [1.54, 1.807) is 20.3 Å². The molecule has 0 aromatic heterocycles. The number of carbonyl (C=O) groups excluding carboxylic acids is 1. The third-order valence-corrected chi connectivity index (χ3v) is 3.53. The summed E-state index contributed by atoms with van der Waals surface area (Å²) in [5, 5.41) is 2.92. The molecule has 0 fully saturated rings. The molecule has 0 saturated heterocycles. The van der Waals surface area contributed by atoms with Crippen molar-refractivity contribution in [1.29, 1.82) is 0 Å². The second-order valence-electron chi connectivity index (χ2n) is 5.21. The molecule has 0 bridgehead atoms. The van der Waals surface area contributed by atoms with Gasteiger partial charge in [-0.3, -0.25) is 4.79 Å². The normalized spacial score (nSPS) is 10.2. The summed E-state index contributed by atoms with van der Waals surface area (Å²) in [5.74, 6) is 1.26. The number of methoxy groups -OCH3 is 2. The minimum absolute atomic E-state index is 0.0207. The SMILES string of the molecule is COc1ccc(CC(=O)NCCc2ccc(N)cc2)cc1OC. The number of benzene rings is 2. The number of nitrogens with one attached hydrogen (secondary N) is 1. The minimum atomic E-state index is -0.0207. The van der Waals surface area contributed by atoms with Crippen LogP contribution in [0.5, 0.6) is 11.5 Å². The highest BCUT2D eigenvalue weighted by Crippen LogP contribution is 2.27. The van der Waals surface area contributed by atoms with Crippen molar-refractivity contribution in [3.63, 3.8) is 0 Å². The minimum Gasteiger partial charge on any atom is -0.493 e. The van der Waals surface area contributed by atoms with E-state index in [0.717, 1.165) is 23.2 Å². The third-order valence-electron chi connectivity index (χ3n) is 3.53. The highest BCUT2D eigenvalue weighted by atomic mass is 16.5. The summed E-state index contributed by atoms with van der Waals surface area (Å²) >= 11 is 0. The number of nitrogens with two attached hydrogens (primary N) is 1. The zero-order valence-electron chi connectivity index (χ0n) is 13.5. The van der Waals surface area contributed by atoms with Crippen molar-refractivity contribution in [2.45, 2.75) is 12.8 Å². The molecule has 0 spiro atoms. The van der Waals surface area contributed by atoms with Gasteiger partial charge in [0.1, 0.15) is 0 Å². The Hall–Kier alpha value is -2.69. The van der Waals surface area contributed by atoms with Crippen molar-refractivity contribution in [2.24, 2.45) is 0 Å². The van der Waals surface area contributed by atoms with Crippen molar-refractivity contribution in [3.8, 4) is 11.5 Å². The van der Waals surface area contributed by atoms with E-state index in [1.807, 2.05) is 36.4 Å². The van der Waals surface area contributed by atoms with Crippen molar-refractivity contribution in [2.75, 3.05) is 26.5 Å². The van der Waals surface area contributed by atoms with Gasteiger partial charge in [0, 0.05) is 12.2 Å². The van der Waals surface area contributed by atoms with Crippen molar-refractivity contribution in [3.05, 3.63) is 53.6 Å². The maximum absolute atomic E-state index is 12.0. The summed E-state index contributed by atoms with van der Waals surface area (Å²) in [5.41, 5.74) is 8.41. The Labute approximate surface area is 136 Å². The van der Waals surface area contributed by atoms with Crippen LogP contribution < -0.4 is 20.5 Å². The quantitative estimate of drug-likeness (QED) is 0.768. The number of hydrogen-bond acceptors (Lipinski definition) is 4.